The molecule has 1 N–H and O–H groups in total. The molecule has 4 nitrogen and oxygen atoms in total. The summed E-state index contributed by atoms with van der Waals surface area (Å²) in [7, 11) is 0. The van der Waals surface area contributed by atoms with Crippen molar-refractivity contribution in [1.82, 2.24) is 0 Å². The summed E-state index contributed by atoms with van der Waals surface area (Å²) in [5, 5.41) is 11.1. The summed E-state index contributed by atoms with van der Waals surface area (Å²) in [4.78, 5) is 22.5. The first-order valence-corrected chi connectivity index (χ1v) is 7.07. The summed E-state index contributed by atoms with van der Waals surface area (Å²) in [6.45, 7) is 5.26. The molecule has 0 radical (unpaired) electrons. The van der Waals surface area contributed by atoms with Gasteiger partial charge in [0.2, 0.25) is 5.60 Å². The van der Waals surface area contributed by atoms with Crippen molar-refractivity contribution in [3.8, 4) is 0 Å². The van der Waals surface area contributed by atoms with Crippen LogP contribution < -0.4 is 0 Å². The zero-order valence-electron chi connectivity index (χ0n) is 12.9. The van der Waals surface area contributed by atoms with Crippen LogP contribution in [0.1, 0.15) is 31.9 Å². The first kappa shape index (κ1) is 16.2. The van der Waals surface area contributed by atoms with E-state index in [-0.39, 0.29) is 0 Å². The Labute approximate surface area is 130 Å². The van der Waals surface area contributed by atoms with Crippen LogP contribution in [0.3, 0.4) is 0 Å². The number of carbonyl (C=O) groups is 1. The highest BCUT2D eigenvalue weighted by molar-refractivity contribution is 5.85. The fourth-order valence-corrected chi connectivity index (χ4v) is 1.98. The average Bonchev–Trinajstić information content (AvgIpc) is 2.52. The highest BCUT2D eigenvalue weighted by Gasteiger charge is 2.43. The molecule has 0 unspecified atom stereocenters. The van der Waals surface area contributed by atoms with Gasteiger partial charge in [0.1, 0.15) is 5.60 Å². The summed E-state index contributed by atoms with van der Waals surface area (Å²) < 4.78 is 0. The minimum atomic E-state index is -1.92. The van der Waals surface area contributed by atoms with E-state index in [1.54, 1.807) is 69.3 Å². The number of benzene rings is 2. The van der Waals surface area contributed by atoms with E-state index in [0.717, 1.165) is 0 Å². The molecule has 0 bridgehead atoms. The Morgan fingerprint density at radius 1 is 0.864 bits per heavy atom. The molecular weight excluding hydrogens is 280 g/mol. The second-order valence-corrected chi connectivity index (χ2v) is 6.01. The number of hydrogen-bond donors (Lipinski definition) is 1. The zero-order chi connectivity index (χ0) is 16.2. The molecule has 2 rings (SSSR count). The van der Waals surface area contributed by atoms with Gasteiger partial charge >= 0.3 is 5.97 Å². The van der Waals surface area contributed by atoms with Gasteiger partial charge in [0.05, 0.1) is 0 Å². The monoisotopic (exact) mass is 300 g/mol. The quantitative estimate of drug-likeness (QED) is 0.696. The Hall–Kier alpha value is -2.17. The molecule has 0 aromatic heterocycles. The first-order chi connectivity index (χ1) is 10.3. The molecule has 0 amide bonds. The van der Waals surface area contributed by atoms with Crippen molar-refractivity contribution >= 4 is 5.97 Å². The highest BCUT2D eigenvalue weighted by Crippen LogP contribution is 2.31. The third-order valence-corrected chi connectivity index (χ3v) is 3.05. The van der Waals surface area contributed by atoms with Gasteiger partial charge in [0, 0.05) is 0 Å². The molecule has 22 heavy (non-hydrogen) atoms. The summed E-state index contributed by atoms with van der Waals surface area (Å²) in [6.07, 6.45) is 0. The number of hydrogen-bond acceptors (Lipinski definition) is 4. The van der Waals surface area contributed by atoms with Crippen LogP contribution in [0.4, 0.5) is 0 Å². The van der Waals surface area contributed by atoms with Gasteiger partial charge < -0.3 is 5.11 Å². The van der Waals surface area contributed by atoms with E-state index in [1.165, 1.54) is 0 Å². The fraction of sp³-hybridized carbons (Fsp3) is 0.278. The molecule has 4 heteroatoms. The third kappa shape index (κ3) is 3.53. The lowest BCUT2D eigenvalue weighted by Gasteiger charge is -2.27. The summed E-state index contributed by atoms with van der Waals surface area (Å²) >= 11 is 0. The van der Waals surface area contributed by atoms with Crippen molar-refractivity contribution in [3.63, 3.8) is 0 Å². The Balaban J connectivity index is 2.41. The lowest BCUT2D eigenvalue weighted by atomic mass is 9.86. The van der Waals surface area contributed by atoms with E-state index in [1.807, 2.05) is 12.1 Å². The predicted molar refractivity (Wildman–Crippen MR) is 82.8 cm³/mol. The van der Waals surface area contributed by atoms with Crippen LogP contribution in [0.15, 0.2) is 60.7 Å². The van der Waals surface area contributed by atoms with Crippen molar-refractivity contribution in [2.75, 3.05) is 0 Å². The molecule has 0 aliphatic carbocycles. The molecule has 0 atom stereocenters. The Bertz CT molecular complexity index is 575. The second kappa shape index (κ2) is 6.30. The van der Waals surface area contributed by atoms with Gasteiger partial charge in [-0.05, 0) is 31.9 Å². The number of aliphatic hydroxyl groups is 1. The molecule has 2 aromatic carbocycles. The summed E-state index contributed by atoms with van der Waals surface area (Å²) in [6, 6.07) is 17.3. The molecule has 0 heterocycles. The van der Waals surface area contributed by atoms with Gasteiger partial charge in [-0.15, -0.1) is 0 Å². The van der Waals surface area contributed by atoms with E-state index in [9.17, 15) is 9.90 Å². The average molecular weight is 300 g/mol. The van der Waals surface area contributed by atoms with Gasteiger partial charge in [-0.2, -0.15) is 4.89 Å². The van der Waals surface area contributed by atoms with Crippen molar-refractivity contribution < 1.29 is 19.7 Å². The largest absolute Gasteiger partial charge is 0.382 e. The van der Waals surface area contributed by atoms with E-state index in [2.05, 4.69) is 0 Å². The van der Waals surface area contributed by atoms with Gasteiger partial charge in [-0.3, -0.25) is 4.89 Å². The van der Waals surface area contributed by atoms with E-state index in [0.29, 0.717) is 11.1 Å². The molecule has 0 aliphatic heterocycles. The van der Waals surface area contributed by atoms with Crippen molar-refractivity contribution in [1.29, 1.82) is 0 Å². The standard InChI is InChI=1S/C18H20O4/c1-17(2,3)22-21-16(19)18(20,14-10-6-4-7-11-14)15-12-8-5-9-13-15/h4-13,20H,1-3H3. The maximum atomic E-state index is 12.5. The van der Waals surface area contributed by atoms with Crippen molar-refractivity contribution in [3.05, 3.63) is 71.8 Å². The number of rotatable bonds is 4. The predicted octanol–water partition coefficient (Wildman–Crippen LogP) is 3.20. The van der Waals surface area contributed by atoms with Gasteiger partial charge in [-0.1, -0.05) is 60.7 Å². The maximum Gasteiger partial charge on any atom is 0.382 e. The summed E-state index contributed by atoms with van der Waals surface area (Å²) in [5.74, 6) is -0.875. The van der Waals surface area contributed by atoms with E-state index < -0.39 is 17.2 Å². The van der Waals surface area contributed by atoms with Crippen molar-refractivity contribution in [2.45, 2.75) is 32.0 Å². The Morgan fingerprint density at radius 2 is 1.27 bits per heavy atom. The molecule has 0 spiro atoms. The van der Waals surface area contributed by atoms with Crippen LogP contribution in [0, 0.1) is 0 Å². The van der Waals surface area contributed by atoms with E-state index in [4.69, 9.17) is 9.78 Å². The highest BCUT2D eigenvalue weighted by atomic mass is 17.2. The lowest BCUT2D eigenvalue weighted by Crippen LogP contribution is -2.40. The zero-order valence-corrected chi connectivity index (χ0v) is 12.9. The first-order valence-electron chi connectivity index (χ1n) is 7.07. The van der Waals surface area contributed by atoms with Gasteiger partial charge in [0.25, 0.3) is 0 Å². The molecule has 0 aliphatic rings. The molecule has 0 fully saturated rings. The second-order valence-electron chi connectivity index (χ2n) is 6.01. The fourth-order valence-electron chi connectivity index (χ4n) is 1.98. The maximum absolute atomic E-state index is 12.5. The molecule has 0 saturated heterocycles. The lowest BCUT2D eigenvalue weighted by molar-refractivity contribution is -0.328. The molecule has 0 saturated carbocycles. The SMILES string of the molecule is CC(C)(C)OOC(=O)C(O)(c1ccccc1)c1ccccc1. The topological polar surface area (TPSA) is 55.8 Å². The third-order valence-electron chi connectivity index (χ3n) is 3.05. The molecule has 116 valence electrons. The van der Waals surface area contributed by atoms with Crippen LogP contribution in [0.25, 0.3) is 0 Å². The van der Waals surface area contributed by atoms with Crippen LogP contribution in [0.5, 0.6) is 0 Å². The van der Waals surface area contributed by atoms with E-state index >= 15 is 0 Å². The Morgan fingerprint density at radius 3 is 1.64 bits per heavy atom. The Kier molecular flexibility index (Phi) is 4.64. The van der Waals surface area contributed by atoms with Gasteiger partial charge in [0.15, 0.2) is 0 Å². The minimum absolute atomic E-state index is 0.420. The van der Waals surface area contributed by atoms with Gasteiger partial charge in [-0.25, -0.2) is 4.79 Å². The van der Waals surface area contributed by atoms with Crippen molar-refractivity contribution in [2.24, 2.45) is 0 Å². The van der Waals surface area contributed by atoms with Crippen LogP contribution in [-0.4, -0.2) is 16.7 Å². The van der Waals surface area contributed by atoms with Crippen LogP contribution in [0.2, 0.25) is 0 Å². The number of carbonyl (C=O) groups excluding carboxylic acids is 1. The smallest absolute Gasteiger partial charge is 0.370 e. The molecular formula is C18H20O4. The van der Waals surface area contributed by atoms with Crippen LogP contribution in [-0.2, 0) is 20.2 Å². The summed E-state index contributed by atoms with van der Waals surface area (Å²) in [5.41, 5.74) is -1.75. The molecule has 2 aromatic rings. The van der Waals surface area contributed by atoms with Crippen LogP contribution >= 0.6 is 0 Å². The normalized spacial score (nSPS) is 12.0. The minimum Gasteiger partial charge on any atom is -0.370 e.